The molecule has 0 atom stereocenters. The number of aromatic nitrogens is 1. The number of hydrogen-bond donors (Lipinski definition) is 0. The van der Waals surface area contributed by atoms with Gasteiger partial charge in [0.2, 0.25) is 10.0 Å². The van der Waals surface area contributed by atoms with Crippen molar-refractivity contribution in [2.24, 2.45) is 0 Å². The molecule has 1 aliphatic heterocycles. The summed E-state index contributed by atoms with van der Waals surface area (Å²) in [6.45, 7) is 1.07. The van der Waals surface area contributed by atoms with E-state index in [-0.39, 0.29) is 5.21 Å². The third-order valence-corrected chi connectivity index (χ3v) is 7.10. The standard InChI is InChI=1S/C13H15ClN2O2S2/c14-9-20(17,18)16-7-5-10(6-8-16)13-15-11-3-1-2-4-12(11)19-13/h1-4,10H,5-9H2. The Bertz CT molecular complexity index is 673. The van der Waals surface area contributed by atoms with Gasteiger partial charge in [-0.2, -0.15) is 0 Å². The number of para-hydroxylation sites is 1. The number of thiazole rings is 1. The number of hydrogen-bond acceptors (Lipinski definition) is 4. The number of alkyl halides is 1. The van der Waals surface area contributed by atoms with Crippen LogP contribution in [0.5, 0.6) is 0 Å². The molecule has 108 valence electrons. The second-order valence-electron chi connectivity index (χ2n) is 4.91. The van der Waals surface area contributed by atoms with Gasteiger partial charge in [0.1, 0.15) is 5.21 Å². The molecule has 0 unspecified atom stereocenters. The van der Waals surface area contributed by atoms with Crippen LogP contribution in [0.2, 0.25) is 0 Å². The maximum absolute atomic E-state index is 11.7. The van der Waals surface area contributed by atoms with E-state index in [9.17, 15) is 8.42 Å². The quantitative estimate of drug-likeness (QED) is 0.813. The number of sulfonamides is 1. The number of benzene rings is 1. The number of nitrogens with zero attached hydrogens (tertiary/aromatic N) is 2. The van der Waals surface area contributed by atoms with Gasteiger partial charge < -0.3 is 0 Å². The largest absolute Gasteiger partial charge is 0.241 e. The van der Waals surface area contributed by atoms with E-state index in [1.165, 1.54) is 9.01 Å². The van der Waals surface area contributed by atoms with Gasteiger partial charge in [-0.1, -0.05) is 12.1 Å². The Morgan fingerprint density at radius 3 is 2.65 bits per heavy atom. The van der Waals surface area contributed by atoms with Crippen molar-refractivity contribution in [1.82, 2.24) is 9.29 Å². The molecule has 0 bridgehead atoms. The van der Waals surface area contributed by atoms with Crippen LogP contribution in [0.4, 0.5) is 0 Å². The van der Waals surface area contributed by atoms with Crippen LogP contribution < -0.4 is 0 Å². The van der Waals surface area contributed by atoms with Crippen molar-refractivity contribution in [3.63, 3.8) is 0 Å². The number of rotatable bonds is 3. The average Bonchev–Trinajstić information content (AvgIpc) is 2.91. The van der Waals surface area contributed by atoms with Crippen LogP contribution in [0.25, 0.3) is 10.2 Å². The first-order chi connectivity index (χ1) is 9.60. The Labute approximate surface area is 127 Å². The molecule has 0 saturated carbocycles. The normalized spacial score (nSPS) is 18.6. The molecule has 1 fully saturated rings. The second kappa shape index (κ2) is 5.60. The molecule has 7 heteroatoms. The van der Waals surface area contributed by atoms with Crippen LogP contribution in [0, 0.1) is 0 Å². The molecular formula is C13H15ClN2O2S2. The third kappa shape index (κ3) is 2.70. The lowest BCUT2D eigenvalue weighted by Crippen LogP contribution is -2.38. The van der Waals surface area contributed by atoms with Crippen molar-refractivity contribution in [2.45, 2.75) is 18.8 Å². The zero-order valence-corrected chi connectivity index (χ0v) is 13.2. The maximum atomic E-state index is 11.7. The van der Waals surface area contributed by atoms with Crippen molar-refractivity contribution in [1.29, 1.82) is 0 Å². The van der Waals surface area contributed by atoms with Crippen LogP contribution in [-0.2, 0) is 10.0 Å². The Hall–Kier alpha value is -0.690. The molecule has 2 heterocycles. The topological polar surface area (TPSA) is 50.3 Å². The predicted octanol–water partition coefficient (Wildman–Crippen LogP) is 3.00. The lowest BCUT2D eigenvalue weighted by Gasteiger charge is -2.29. The molecule has 1 saturated heterocycles. The Morgan fingerprint density at radius 2 is 2.00 bits per heavy atom. The lowest BCUT2D eigenvalue weighted by molar-refractivity contribution is 0.320. The Balaban J connectivity index is 1.75. The van der Waals surface area contributed by atoms with E-state index in [0.717, 1.165) is 23.4 Å². The molecule has 1 aromatic heterocycles. The van der Waals surface area contributed by atoms with E-state index in [1.54, 1.807) is 11.3 Å². The molecule has 1 aliphatic rings. The van der Waals surface area contributed by atoms with Gasteiger partial charge in [-0.3, -0.25) is 0 Å². The van der Waals surface area contributed by atoms with Gasteiger partial charge in [-0.05, 0) is 25.0 Å². The highest BCUT2D eigenvalue weighted by Crippen LogP contribution is 2.34. The maximum Gasteiger partial charge on any atom is 0.228 e. The molecular weight excluding hydrogens is 316 g/mol. The average molecular weight is 331 g/mol. The van der Waals surface area contributed by atoms with E-state index in [1.807, 2.05) is 18.2 Å². The van der Waals surface area contributed by atoms with Gasteiger partial charge in [-0.15, -0.1) is 22.9 Å². The summed E-state index contributed by atoms with van der Waals surface area (Å²) >= 11 is 7.21. The van der Waals surface area contributed by atoms with Crippen LogP contribution in [0.3, 0.4) is 0 Å². The molecule has 3 rings (SSSR count). The summed E-state index contributed by atoms with van der Waals surface area (Å²) in [5.74, 6) is 0.356. The zero-order chi connectivity index (χ0) is 14.2. The van der Waals surface area contributed by atoms with Crippen molar-refractivity contribution in [2.75, 3.05) is 18.3 Å². The Morgan fingerprint density at radius 1 is 1.30 bits per heavy atom. The van der Waals surface area contributed by atoms with Gasteiger partial charge in [0.05, 0.1) is 15.2 Å². The van der Waals surface area contributed by atoms with Crippen molar-refractivity contribution in [3.05, 3.63) is 29.3 Å². The first-order valence-electron chi connectivity index (χ1n) is 6.49. The van der Waals surface area contributed by atoms with E-state index >= 15 is 0 Å². The van der Waals surface area contributed by atoms with Gasteiger partial charge >= 0.3 is 0 Å². The summed E-state index contributed by atoms with van der Waals surface area (Å²) in [4.78, 5) is 4.67. The smallest absolute Gasteiger partial charge is 0.228 e. The molecule has 1 aromatic carbocycles. The van der Waals surface area contributed by atoms with E-state index in [4.69, 9.17) is 11.6 Å². The summed E-state index contributed by atoms with van der Waals surface area (Å²) in [5.41, 5.74) is 1.03. The highest BCUT2D eigenvalue weighted by atomic mass is 35.5. The highest BCUT2D eigenvalue weighted by Gasteiger charge is 2.29. The summed E-state index contributed by atoms with van der Waals surface area (Å²) in [5, 5.41) is 0.785. The number of fused-ring (bicyclic) bond motifs is 1. The first kappa shape index (κ1) is 14.3. The SMILES string of the molecule is O=S(=O)(CCl)N1CCC(c2nc3ccccc3s2)CC1. The van der Waals surface area contributed by atoms with Crippen molar-refractivity contribution in [3.8, 4) is 0 Å². The number of piperidine rings is 1. The summed E-state index contributed by atoms with van der Waals surface area (Å²) in [6.07, 6.45) is 1.63. The Kier molecular flexibility index (Phi) is 3.99. The summed E-state index contributed by atoms with van der Waals surface area (Å²) in [7, 11) is -3.27. The molecule has 0 amide bonds. The fourth-order valence-electron chi connectivity index (χ4n) is 2.51. The zero-order valence-electron chi connectivity index (χ0n) is 10.8. The molecule has 0 radical (unpaired) electrons. The molecule has 0 aliphatic carbocycles. The molecule has 2 aromatic rings. The molecule has 20 heavy (non-hydrogen) atoms. The minimum absolute atomic E-state index is 0.335. The lowest BCUT2D eigenvalue weighted by atomic mass is 9.99. The minimum Gasteiger partial charge on any atom is -0.241 e. The predicted molar refractivity (Wildman–Crippen MR) is 82.8 cm³/mol. The highest BCUT2D eigenvalue weighted by molar-refractivity contribution is 7.90. The summed E-state index contributed by atoms with van der Waals surface area (Å²) < 4.78 is 26.1. The first-order valence-corrected chi connectivity index (χ1v) is 9.45. The van der Waals surface area contributed by atoms with Crippen LogP contribution in [0.15, 0.2) is 24.3 Å². The second-order valence-corrected chi connectivity index (χ2v) is 8.53. The van der Waals surface area contributed by atoms with E-state index < -0.39 is 10.0 Å². The number of halogens is 1. The van der Waals surface area contributed by atoms with Crippen LogP contribution >= 0.6 is 22.9 Å². The van der Waals surface area contributed by atoms with Gasteiger partial charge in [0.25, 0.3) is 0 Å². The van der Waals surface area contributed by atoms with Gasteiger partial charge in [-0.25, -0.2) is 17.7 Å². The van der Waals surface area contributed by atoms with Crippen LogP contribution in [0.1, 0.15) is 23.8 Å². The summed E-state index contributed by atoms with van der Waals surface area (Å²) in [6, 6.07) is 8.09. The van der Waals surface area contributed by atoms with Crippen LogP contribution in [-0.4, -0.2) is 36.0 Å². The van der Waals surface area contributed by atoms with E-state index in [2.05, 4.69) is 11.1 Å². The fraction of sp³-hybridized carbons (Fsp3) is 0.462. The minimum atomic E-state index is -3.27. The van der Waals surface area contributed by atoms with Gasteiger partial charge in [0, 0.05) is 19.0 Å². The monoisotopic (exact) mass is 330 g/mol. The third-order valence-electron chi connectivity index (χ3n) is 3.64. The fourth-order valence-corrected chi connectivity index (χ4v) is 4.97. The molecule has 0 spiro atoms. The van der Waals surface area contributed by atoms with E-state index in [0.29, 0.717) is 19.0 Å². The van der Waals surface area contributed by atoms with Gasteiger partial charge in [0.15, 0.2) is 0 Å². The molecule has 0 N–H and O–H groups in total. The van der Waals surface area contributed by atoms with Crippen molar-refractivity contribution >= 4 is 43.2 Å². The van der Waals surface area contributed by atoms with Crippen molar-refractivity contribution < 1.29 is 8.42 Å². The molecule has 4 nitrogen and oxygen atoms in total.